The van der Waals surface area contributed by atoms with Crippen molar-refractivity contribution in [2.75, 3.05) is 20.2 Å². The van der Waals surface area contributed by atoms with Gasteiger partial charge in [-0.1, -0.05) is 54.1 Å². The van der Waals surface area contributed by atoms with Crippen molar-refractivity contribution in [1.29, 1.82) is 0 Å². The van der Waals surface area contributed by atoms with Crippen LogP contribution in [0.5, 0.6) is 0 Å². The molecule has 0 aliphatic carbocycles. The Bertz CT molecular complexity index is 919. The standard InChI is InChI=1S/C24H28ClN3O2/c1-4-30-23(29)15-20(18-10-12-21(25)13-11-18)16-28-24(26)17(2)14-22(27-3)19-8-6-5-7-9-19/h5-14,20H,4,15-16H2,1-3H3,(H2,26,28)/b17-14-,27-22?. The number of carbonyl (C=O) groups excluding carboxylic acids is 1. The smallest absolute Gasteiger partial charge is 0.306 e. The molecule has 2 aromatic carbocycles. The molecule has 2 rings (SSSR count). The van der Waals surface area contributed by atoms with Gasteiger partial charge in [0.2, 0.25) is 0 Å². The Balaban J connectivity index is 2.19. The quantitative estimate of drug-likeness (QED) is 0.356. The summed E-state index contributed by atoms with van der Waals surface area (Å²) in [5, 5.41) is 0.641. The van der Waals surface area contributed by atoms with Gasteiger partial charge in [0.15, 0.2) is 0 Å². The number of nitrogens with zero attached hydrogens (tertiary/aromatic N) is 2. The molecule has 0 bridgehead atoms. The summed E-state index contributed by atoms with van der Waals surface area (Å²) in [4.78, 5) is 21.0. The highest BCUT2D eigenvalue weighted by Gasteiger charge is 2.17. The number of esters is 1. The van der Waals surface area contributed by atoms with Gasteiger partial charge in [-0.05, 0) is 48.8 Å². The van der Waals surface area contributed by atoms with Gasteiger partial charge in [-0.3, -0.25) is 14.8 Å². The Kier molecular flexibility index (Phi) is 9.29. The van der Waals surface area contributed by atoms with Crippen LogP contribution in [-0.4, -0.2) is 37.7 Å². The van der Waals surface area contributed by atoms with E-state index < -0.39 is 0 Å². The molecular formula is C24H28ClN3O2. The largest absolute Gasteiger partial charge is 0.466 e. The molecule has 0 spiro atoms. The molecule has 0 aromatic heterocycles. The van der Waals surface area contributed by atoms with Crippen LogP contribution in [0.25, 0.3) is 0 Å². The lowest BCUT2D eigenvalue weighted by Crippen LogP contribution is -2.18. The lowest BCUT2D eigenvalue weighted by Gasteiger charge is -2.15. The van der Waals surface area contributed by atoms with Crippen LogP contribution in [0.3, 0.4) is 0 Å². The second kappa shape index (κ2) is 11.9. The number of nitrogens with two attached hydrogens (primary N) is 1. The van der Waals surface area contributed by atoms with Gasteiger partial charge in [-0.15, -0.1) is 0 Å². The predicted octanol–water partition coefficient (Wildman–Crippen LogP) is 4.80. The maximum Gasteiger partial charge on any atom is 0.306 e. The third-order valence-electron chi connectivity index (χ3n) is 4.61. The zero-order chi connectivity index (χ0) is 21.9. The summed E-state index contributed by atoms with van der Waals surface area (Å²) in [6, 6.07) is 17.3. The van der Waals surface area contributed by atoms with Crippen molar-refractivity contribution >= 4 is 29.1 Å². The van der Waals surface area contributed by atoms with E-state index in [9.17, 15) is 4.79 Å². The highest BCUT2D eigenvalue weighted by atomic mass is 35.5. The number of rotatable bonds is 9. The Morgan fingerprint density at radius 1 is 1.17 bits per heavy atom. The molecular weight excluding hydrogens is 398 g/mol. The minimum absolute atomic E-state index is 0.152. The molecule has 1 unspecified atom stereocenters. The van der Waals surface area contributed by atoms with Crippen molar-refractivity contribution in [2.45, 2.75) is 26.2 Å². The first-order valence-corrected chi connectivity index (χ1v) is 10.2. The van der Waals surface area contributed by atoms with Gasteiger partial charge < -0.3 is 10.5 Å². The molecule has 0 heterocycles. The van der Waals surface area contributed by atoms with E-state index in [1.807, 2.05) is 55.5 Å². The van der Waals surface area contributed by atoms with E-state index in [-0.39, 0.29) is 18.3 Å². The molecule has 30 heavy (non-hydrogen) atoms. The third kappa shape index (κ3) is 7.16. The van der Waals surface area contributed by atoms with E-state index in [2.05, 4.69) is 9.98 Å². The van der Waals surface area contributed by atoms with Gasteiger partial charge in [0.1, 0.15) is 5.84 Å². The molecule has 2 N–H and O–H groups in total. The summed E-state index contributed by atoms with van der Waals surface area (Å²) >= 11 is 6.00. The summed E-state index contributed by atoms with van der Waals surface area (Å²) < 4.78 is 5.12. The molecule has 0 aliphatic heterocycles. The Hall–Kier alpha value is -2.92. The fourth-order valence-electron chi connectivity index (χ4n) is 2.94. The van der Waals surface area contributed by atoms with Crippen molar-refractivity contribution in [3.63, 3.8) is 0 Å². The number of carbonyl (C=O) groups is 1. The van der Waals surface area contributed by atoms with Crippen LogP contribution in [-0.2, 0) is 9.53 Å². The van der Waals surface area contributed by atoms with E-state index in [4.69, 9.17) is 22.1 Å². The van der Waals surface area contributed by atoms with Crippen LogP contribution < -0.4 is 5.73 Å². The number of halogens is 1. The van der Waals surface area contributed by atoms with Crippen LogP contribution >= 0.6 is 11.6 Å². The SMILES string of the molecule is CCOC(=O)CC(CN=C(N)/C(C)=C\C(=NC)c1ccccc1)c1ccc(Cl)cc1. The van der Waals surface area contributed by atoms with Gasteiger partial charge in [0.25, 0.3) is 0 Å². The zero-order valence-corrected chi connectivity index (χ0v) is 18.4. The van der Waals surface area contributed by atoms with Crippen LogP contribution in [0.15, 0.2) is 76.2 Å². The molecule has 0 saturated heterocycles. The van der Waals surface area contributed by atoms with Crippen LogP contribution in [0.4, 0.5) is 0 Å². The molecule has 0 fully saturated rings. The summed E-state index contributed by atoms with van der Waals surface area (Å²) in [6.07, 6.45) is 2.14. The van der Waals surface area contributed by atoms with Crippen molar-refractivity contribution in [3.8, 4) is 0 Å². The maximum atomic E-state index is 12.1. The molecule has 0 saturated carbocycles. The number of hydrogen-bond donors (Lipinski definition) is 1. The van der Waals surface area contributed by atoms with Crippen molar-refractivity contribution in [2.24, 2.45) is 15.7 Å². The molecule has 1 atom stereocenters. The molecule has 0 radical (unpaired) electrons. The normalized spacial score (nSPS) is 13.8. The molecule has 2 aromatic rings. The van der Waals surface area contributed by atoms with Crippen LogP contribution in [0, 0.1) is 0 Å². The summed E-state index contributed by atoms with van der Waals surface area (Å²) in [6.45, 7) is 4.40. The highest BCUT2D eigenvalue weighted by Crippen LogP contribution is 2.23. The van der Waals surface area contributed by atoms with Crippen LogP contribution in [0.2, 0.25) is 5.02 Å². The first-order valence-electron chi connectivity index (χ1n) is 9.86. The lowest BCUT2D eigenvalue weighted by atomic mass is 9.96. The predicted molar refractivity (Wildman–Crippen MR) is 125 cm³/mol. The van der Waals surface area contributed by atoms with Gasteiger partial charge in [-0.25, -0.2) is 0 Å². The Morgan fingerprint density at radius 2 is 1.83 bits per heavy atom. The van der Waals surface area contributed by atoms with E-state index in [0.29, 0.717) is 24.0 Å². The summed E-state index contributed by atoms with van der Waals surface area (Å²) in [5.41, 5.74) is 9.84. The van der Waals surface area contributed by atoms with E-state index in [1.54, 1.807) is 26.1 Å². The second-order valence-electron chi connectivity index (χ2n) is 6.79. The van der Waals surface area contributed by atoms with Gasteiger partial charge in [-0.2, -0.15) is 0 Å². The topological polar surface area (TPSA) is 77.0 Å². The Labute approximate surface area is 183 Å². The minimum atomic E-state index is -0.261. The Morgan fingerprint density at radius 3 is 2.43 bits per heavy atom. The van der Waals surface area contributed by atoms with Crippen molar-refractivity contribution in [1.82, 2.24) is 0 Å². The fourth-order valence-corrected chi connectivity index (χ4v) is 3.07. The number of ether oxygens (including phenoxy) is 1. The number of benzene rings is 2. The van der Waals surface area contributed by atoms with E-state index in [0.717, 1.165) is 22.4 Å². The average Bonchev–Trinajstić information content (AvgIpc) is 2.76. The second-order valence-corrected chi connectivity index (χ2v) is 7.22. The number of amidine groups is 1. The fraction of sp³-hybridized carbons (Fsp3) is 0.292. The van der Waals surface area contributed by atoms with E-state index in [1.165, 1.54) is 0 Å². The summed E-state index contributed by atoms with van der Waals surface area (Å²) in [7, 11) is 1.75. The molecule has 6 heteroatoms. The maximum absolute atomic E-state index is 12.1. The lowest BCUT2D eigenvalue weighted by molar-refractivity contribution is -0.143. The van der Waals surface area contributed by atoms with Crippen molar-refractivity contribution < 1.29 is 9.53 Å². The number of hydrogen-bond acceptors (Lipinski definition) is 4. The van der Waals surface area contributed by atoms with Crippen molar-refractivity contribution in [3.05, 3.63) is 82.4 Å². The molecule has 5 nitrogen and oxygen atoms in total. The third-order valence-corrected chi connectivity index (χ3v) is 4.86. The van der Waals surface area contributed by atoms with Gasteiger partial charge in [0.05, 0.1) is 18.7 Å². The van der Waals surface area contributed by atoms with E-state index >= 15 is 0 Å². The first-order chi connectivity index (χ1) is 14.4. The molecule has 0 amide bonds. The summed E-state index contributed by atoms with van der Waals surface area (Å²) in [5.74, 6) is -0.000952. The molecule has 0 aliphatic rings. The minimum Gasteiger partial charge on any atom is -0.466 e. The highest BCUT2D eigenvalue weighted by molar-refractivity contribution is 6.30. The number of aliphatic imine (C=N–C) groups is 2. The first kappa shape index (κ1) is 23.4. The average molecular weight is 426 g/mol. The van der Waals surface area contributed by atoms with Gasteiger partial charge >= 0.3 is 5.97 Å². The van der Waals surface area contributed by atoms with Crippen LogP contribution in [0.1, 0.15) is 37.3 Å². The number of allylic oxidation sites excluding steroid dienone is 1. The molecule has 158 valence electrons. The zero-order valence-electron chi connectivity index (χ0n) is 17.6. The monoisotopic (exact) mass is 425 g/mol. The van der Waals surface area contributed by atoms with Gasteiger partial charge in [0, 0.05) is 24.5 Å².